The number of para-hydroxylation sites is 1. The van der Waals surface area contributed by atoms with E-state index in [1.54, 1.807) is 48.5 Å². The number of carbonyl (C=O) groups is 2. The molecule has 0 bridgehead atoms. The molecular formula is C24H16Br2N2O4. The van der Waals surface area contributed by atoms with Crippen LogP contribution in [-0.2, 0) is 11.4 Å². The number of nitriles is 1. The standard InChI is InChI=1S/C24H16Br2N2O4/c25-20-11-16(10-18(13-27)23(29)28-19-4-2-1-3-5-19)12-21(26)22(20)32-14-15-6-8-17(9-7-15)24(30)31/h1-12H,14H2,(H,28,29)(H,30,31)/b18-10-. The van der Waals surface area contributed by atoms with Gasteiger partial charge in [-0.05, 0) is 85.5 Å². The molecule has 3 rings (SSSR count). The zero-order valence-electron chi connectivity index (χ0n) is 16.5. The Morgan fingerprint density at radius 2 is 1.66 bits per heavy atom. The molecule has 0 fully saturated rings. The van der Waals surface area contributed by atoms with Gasteiger partial charge in [-0.1, -0.05) is 30.3 Å². The summed E-state index contributed by atoms with van der Waals surface area (Å²) in [5.41, 5.74) is 2.20. The van der Waals surface area contributed by atoms with Gasteiger partial charge in [0.25, 0.3) is 5.91 Å². The van der Waals surface area contributed by atoms with Gasteiger partial charge in [0.1, 0.15) is 24.0 Å². The fourth-order valence-electron chi connectivity index (χ4n) is 2.73. The number of aromatic carboxylic acids is 1. The number of hydrogen-bond acceptors (Lipinski definition) is 4. The SMILES string of the molecule is N#C/C(=C/c1cc(Br)c(OCc2ccc(C(=O)O)cc2)c(Br)c1)C(=O)Nc1ccccc1. The molecule has 8 heteroatoms. The predicted molar refractivity (Wildman–Crippen MR) is 128 cm³/mol. The molecule has 0 spiro atoms. The molecule has 32 heavy (non-hydrogen) atoms. The van der Waals surface area contributed by atoms with Crippen LogP contribution in [0.15, 0.2) is 81.2 Å². The second-order valence-corrected chi connectivity index (χ2v) is 8.30. The molecule has 0 heterocycles. The van der Waals surface area contributed by atoms with E-state index in [-0.39, 0.29) is 17.7 Å². The van der Waals surface area contributed by atoms with Crippen molar-refractivity contribution < 1.29 is 19.4 Å². The van der Waals surface area contributed by atoms with Crippen molar-refractivity contribution in [3.63, 3.8) is 0 Å². The van der Waals surface area contributed by atoms with Crippen LogP contribution in [0.1, 0.15) is 21.5 Å². The maximum Gasteiger partial charge on any atom is 0.335 e. The summed E-state index contributed by atoms with van der Waals surface area (Å²) < 4.78 is 7.11. The first-order chi connectivity index (χ1) is 15.4. The van der Waals surface area contributed by atoms with Crippen molar-refractivity contribution in [3.8, 4) is 11.8 Å². The van der Waals surface area contributed by atoms with E-state index in [9.17, 15) is 14.9 Å². The lowest BCUT2D eigenvalue weighted by Crippen LogP contribution is -2.13. The lowest BCUT2D eigenvalue weighted by Gasteiger charge is -2.12. The number of carbonyl (C=O) groups excluding carboxylic acids is 1. The molecule has 0 radical (unpaired) electrons. The minimum Gasteiger partial charge on any atom is -0.487 e. The average Bonchev–Trinajstić information content (AvgIpc) is 2.77. The van der Waals surface area contributed by atoms with Gasteiger partial charge in [-0.2, -0.15) is 5.26 Å². The van der Waals surface area contributed by atoms with Crippen LogP contribution in [0, 0.1) is 11.3 Å². The Bertz CT molecular complexity index is 1190. The van der Waals surface area contributed by atoms with E-state index in [1.165, 1.54) is 18.2 Å². The fraction of sp³-hybridized carbons (Fsp3) is 0.0417. The summed E-state index contributed by atoms with van der Waals surface area (Å²) in [4.78, 5) is 23.4. The fourth-order valence-corrected chi connectivity index (χ4v) is 4.19. The van der Waals surface area contributed by atoms with Crippen LogP contribution < -0.4 is 10.1 Å². The van der Waals surface area contributed by atoms with E-state index in [0.717, 1.165) is 5.56 Å². The van der Waals surface area contributed by atoms with Crippen molar-refractivity contribution in [3.05, 3.63) is 97.9 Å². The average molecular weight is 556 g/mol. The number of carboxylic acids is 1. The van der Waals surface area contributed by atoms with Crippen molar-refractivity contribution in [1.82, 2.24) is 0 Å². The summed E-state index contributed by atoms with van der Waals surface area (Å²) in [6.45, 7) is 0.231. The van der Waals surface area contributed by atoms with Crippen molar-refractivity contribution in [1.29, 1.82) is 5.26 Å². The topological polar surface area (TPSA) is 99.4 Å². The molecule has 0 aliphatic rings. The van der Waals surface area contributed by atoms with Crippen LogP contribution in [0.25, 0.3) is 6.08 Å². The van der Waals surface area contributed by atoms with Crippen LogP contribution >= 0.6 is 31.9 Å². The molecular weight excluding hydrogens is 540 g/mol. The molecule has 0 saturated heterocycles. The highest BCUT2D eigenvalue weighted by Crippen LogP contribution is 2.36. The molecule has 3 aromatic carbocycles. The van der Waals surface area contributed by atoms with Crippen molar-refractivity contribution in [2.45, 2.75) is 6.61 Å². The molecule has 0 saturated carbocycles. The maximum absolute atomic E-state index is 12.4. The highest BCUT2D eigenvalue weighted by Gasteiger charge is 2.13. The first-order valence-corrected chi connectivity index (χ1v) is 10.9. The van der Waals surface area contributed by atoms with Gasteiger partial charge in [0.15, 0.2) is 0 Å². The number of amides is 1. The smallest absolute Gasteiger partial charge is 0.335 e. The van der Waals surface area contributed by atoms with Gasteiger partial charge in [-0.15, -0.1) is 0 Å². The van der Waals surface area contributed by atoms with Gasteiger partial charge >= 0.3 is 5.97 Å². The van der Waals surface area contributed by atoms with Crippen LogP contribution in [0.2, 0.25) is 0 Å². The molecule has 1 amide bonds. The molecule has 0 aliphatic heterocycles. The molecule has 2 N–H and O–H groups in total. The lowest BCUT2D eigenvalue weighted by atomic mass is 10.1. The van der Waals surface area contributed by atoms with Crippen molar-refractivity contribution in [2.24, 2.45) is 0 Å². The quantitative estimate of drug-likeness (QED) is 0.274. The zero-order chi connectivity index (χ0) is 23.1. The molecule has 0 atom stereocenters. The van der Waals surface area contributed by atoms with E-state index < -0.39 is 11.9 Å². The Hall–Kier alpha value is -3.41. The van der Waals surface area contributed by atoms with E-state index >= 15 is 0 Å². The molecule has 6 nitrogen and oxygen atoms in total. The van der Waals surface area contributed by atoms with Gasteiger partial charge < -0.3 is 15.2 Å². The molecule has 0 aliphatic carbocycles. The van der Waals surface area contributed by atoms with E-state index in [0.29, 0.717) is 25.9 Å². The van der Waals surface area contributed by atoms with Gasteiger partial charge in [0.05, 0.1) is 14.5 Å². The van der Waals surface area contributed by atoms with E-state index in [2.05, 4.69) is 37.2 Å². The van der Waals surface area contributed by atoms with Gasteiger partial charge in [0, 0.05) is 5.69 Å². The Kier molecular flexibility index (Phi) is 7.82. The van der Waals surface area contributed by atoms with E-state index in [1.807, 2.05) is 12.1 Å². The summed E-state index contributed by atoms with van der Waals surface area (Å²) in [5, 5.41) is 21.1. The van der Waals surface area contributed by atoms with Gasteiger partial charge in [-0.25, -0.2) is 4.79 Å². The highest BCUT2D eigenvalue weighted by atomic mass is 79.9. The van der Waals surface area contributed by atoms with Gasteiger partial charge in [-0.3, -0.25) is 4.79 Å². The number of anilines is 1. The van der Waals surface area contributed by atoms with Crippen molar-refractivity contribution in [2.75, 3.05) is 5.32 Å². The van der Waals surface area contributed by atoms with Crippen LogP contribution in [0.3, 0.4) is 0 Å². The number of nitrogens with zero attached hydrogens (tertiary/aromatic N) is 1. The summed E-state index contributed by atoms with van der Waals surface area (Å²) in [6.07, 6.45) is 1.49. The maximum atomic E-state index is 12.4. The number of rotatable bonds is 7. The number of hydrogen-bond donors (Lipinski definition) is 2. The van der Waals surface area contributed by atoms with Crippen LogP contribution in [0.5, 0.6) is 5.75 Å². The minimum atomic E-state index is -0.985. The minimum absolute atomic E-state index is 0.0418. The van der Waals surface area contributed by atoms with Crippen LogP contribution in [0.4, 0.5) is 5.69 Å². The molecule has 3 aromatic rings. The third kappa shape index (κ3) is 6.06. The monoisotopic (exact) mass is 554 g/mol. The van der Waals surface area contributed by atoms with Gasteiger partial charge in [0.2, 0.25) is 0 Å². The Balaban J connectivity index is 1.74. The second-order valence-electron chi connectivity index (χ2n) is 6.59. The molecule has 0 unspecified atom stereocenters. The van der Waals surface area contributed by atoms with E-state index in [4.69, 9.17) is 9.84 Å². The summed E-state index contributed by atoms with van der Waals surface area (Å²) in [6, 6.07) is 20.7. The number of benzene rings is 3. The third-order valence-electron chi connectivity index (χ3n) is 4.31. The number of ether oxygens (including phenoxy) is 1. The number of carboxylic acid groups (broad SMARTS) is 1. The normalized spacial score (nSPS) is 10.8. The Morgan fingerprint density at radius 3 is 2.22 bits per heavy atom. The first kappa shape index (κ1) is 23.3. The first-order valence-electron chi connectivity index (χ1n) is 9.29. The number of nitrogens with one attached hydrogen (secondary N) is 1. The summed E-state index contributed by atoms with van der Waals surface area (Å²) in [5.74, 6) is -0.950. The van der Waals surface area contributed by atoms with Crippen molar-refractivity contribution >= 4 is 55.5 Å². The third-order valence-corrected chi connectivity index (χ3v) is 5.49. The highest BCUT2D eigenvalue weighted by molar-refractivity contribution is 9.11. The predicted octanol–water partition coefficient (Wildman–Crippen LogP) is 6.03. The summed E-state index contributed by atoms with van der Waals surface area (Å²) >= 11 is 6.92. The molecule has 0 aromatic heterocycles. The lowest BCUT2D eigenvalue weighted by molar-refractivity contribution is -0.112. The Labute approximate surface area is 201 Å². The van der Waals surface area contributed by atoms with Crippen LogP contribution in [-0.4, -0.2) is 17.0 Å². The zero-order valence-corrected chi connectivity index (χ0v) is 19.7. The molecule has 160 valence electrons. The number of halogens is 2. The summed E-state index contributed by atoms with van der Waals surface area (Å²) in [7, 11) is 0. The second kappa shape index (κ2) is 10.8. The largest absolute Gasteiger partial charge is 0.487 e. The Morgan fingerprint density at radius 1 is 1.03 bits per heavy atom.